The van der Waals surface area contributed by atoms with E-state index in [4.69, 9.17) is 0 Å². The number of hydrogen-bond acceptors (Lipinski definition) is 5. The predicted octanol–water partition coefficient (Wildman–Crippen LogP) is 0.528. The van der Waals surface area contributed by atoms with Crippen molar-refractivity contribution in [1.29, 1.82) is 0 Å². The number of aryl methyl sites for hydroxylation is 1. The van der Waals surface area contributed by atoms with Crippen molar-refractivity contribution in [2.75, 3.05) is 12.4 Å². The molecule has 104 valence electrons. The molecule has 2 amide bonds. The van der Waals surface area contributed by atoms with Gasteiger partial charge in [-0.05, 0) is 12.5 Å². The van der Waals surface area contributed by atoms with Gasteiger partial charge in [0.15, 0.2) is 5.82 Å². The maximum Gasteiger partial charge on any atom is 0.251 e. The minimum atomic E-state index is -0.433. The fourth-order valence-electron chi connectivity index (χ4n) is 2.38. The highest BCUT2D eigenvalue weighted by molar-refractivity contribution is 6.01. The first-order chi connectivity index (χ1) is 9.58. The zero-order valence-corrected chi connectivity index (χ0v) is 11.3. The number of nitrogens with zero attached hydrogens (tertiary/aromatic N) is 4. The normalized spacial score (nSPS) is 19.7. The first-order valence-electron chi connectivity index (χ1n) is 6.41. The lowest BCUT2D eigenvalue weighted by molar-refractivity contribution is -0.146. The van der Waals surface area contributed by atoms with Gasteiger partial charge in [-0.25, -0.2) is 9.97 Å². The number of carbonyl (C=O) groups is 2. The molecule has 1 aliphatic rings. The molecular weight excluding hydrogens is 258 g/mol. The van der Waals surface area contributed by atoms with Crippen LogP contribution >= 0.6 is 0 Å². The van der Waals surface area contributed by atoms with E-state index in [9.17, 15) is 9.59 Å². The van der Waals surface area contributed by atoms with E-state index in [2.05, 4.69) is 15.3 Å². The van der Waals surface area contributed by atoms with Gasteiger partial charge in [0.25, 0.3) is 5.91 Å². The fraction of sp³-hybridized carbons (Fsp3) is 0.385. The molecule has 0 saturated carbocycles. The van der Waals surface area contributed by atoms with Crippen LogP contribution in [0.4, 0.5) is 5.82 Å². The van der Waals surface area contributed by atoms with Gasteiger partial charge in [-0.2, -0.15) is 0 Å². The fourth-order valence-corrected chi connectivity index (χ4v) is 2.38. The highest BCUT2D eigenvalue weighted by atomic mass is 16.2. The van der Waals surface area contributed by atoms with Crippen molar-refractivity contribution in [3.8, 4) is 0 Å². The van der Waals surface area contributed by atoms with E-state index in [1.54, 1.807) is 12.5 Å². The van der Waals surface area contributed by atoms with Gasteiger partial charge in [0.2, 0.25) is 5.91 Å². The van der Waals surface area contributed by atoms with Crippen LogP contribution in [0.3, 0.4) is 0 Å². The van der Waals surface area contributed by atoms with E-state index >= 15 is 0 Å². The van der Waals surface area contributed by atoms with Gasteiger partial charge in [-0.15, -0.1) is 0 Å². The first-order valence-corrected chi connectivity index (χ1v) is 6.41. The van der Waals surface area contributed by atoms with Crippen LogP contribution in [-0.2, 0) is 16.6 Å². The van der Waals surface area contributed by atoms with Crippen LogP contribution in [0, 0.1) is 0 Å². The largest absolute Gasteiger partial charge is 0.356 e. The lowest BCUT2D eigenvalue weighted by Crippen LogP contribution is -2.48. The first kappa shape index (κ1) is 12.6. The zero-order chi connectivity index (χ0) is 14.3. The molecule has 1 saturated heterocycles. The van der Waals surface area contributed by atoms with Crippen molar-refractivity contribution < 1.29 is 9.59 Å². The lowest BCUT2D eigenvalue weighted by atomic mass is 10.0. The van der Waals surface area contributed by atoms with Crippen LogP contribution in [0.15, 0.2) is 18.6 Å². The number of aromatic nitrogens is 3. The second-order valence-corrected chi connectivity index (χ2v) is 4.91. The Balaban J connectivity index is 1.90. The van der Waals surface area contributed by atoms with Gasteiger partial charge >= 0.3 is 0 Å². The Morgan fingerprint density at radius 2 is 2.10 bits per heavy atom. The number of amides is 2. The highest BCUT2D eigenvalue weighted by Gasteiger charge is 2.32. The lowest BCUT2D eigenvalue weighted by Gasteiger charge is -2.28. The summed E-state index contributed by atoms with van der Waals surface area (Å²) in [4.78, 5) is 33.2. The molecule has 2 aromatic heterocycles. The summed E-state index contributed by atoms with van der Waals surface area (Å²) in [6.07, 6.45) is 4.22. The van der Waals surface area contributed by atoms with Crippen LogP contribution in [0.2, 0.25) is 0 Å². The number of pyridine rings is 1. The van der Waals surface area contributed by atoms with Crippen molar-refractivity contribution in [2.45, 2.75) is 18.9 Å². The maximum atomic E-state index is 12.1. The number of likely N-dealkylation sites (N-methyl/N-ethyl adjacent to an activating group) is 1. The van der Waals surface area contributed by atoms with E-state index < -0.39 is 6.04 Å². The van der Waals surface area contributed by atoms with Crippen LogP contribution in [0.1, 0.15) is 12.8 Å². The average Bonchev–Trinajstić information content (AvgIpc) is 2.82. The highest BCUT2D eigenvalue weighted by Crippen LogP contribution is 2.22. The second-order valence-electron chi connectivity index (χ2n) is 4.91. The number of imidazole rings is 1. The molecule has 2 aromatic rings. The summed E-state index contributed by atoms with van der Waals surface area (Å²) < 4.78 is 1.89. The van der Waals surface area contributed by atoms with Gasteiger partial charge < -0.3 is 9.88 Å². The van der Waals surface area contributed by atoms with Gasteiger partial charge in [-0.1, -0.05) is 0 Å². The molecule has 0 aliphatic carbocycles. The van der Waals surface area contributed by atoms with E-state index in [1.807, 2.05) is 17.7 Å². The van der Waals surface area contributed by atoms with Crippen LogP contribution in [-0.4, -0.2) is 44.3 Å². The van der Waals surface area contributed by atoms with Gasteiger partial charge in [0.05, 0.1) is 11.8 Å². The number of carbonyl (C=O) groups excluding carboxylic acids is 2. The molecule has 1 aliphatic heterocycles. The number of hydrogen-bond donors (Lipinski definition) is 1. The zero-order valence-electron chi connectivity index (χ0n) is 11.3. The number of fused-ring (bicyclic) bond motifs is 1. The Morgan fingerprint density at radius 3 is 2.90 bits per heavy atom. The molecule has 7 nitrogen and oxygen atoms in total. The van der Waals surface area contributed by atoms with Crippen molar-refractivity contribution in [3.63, 3.8) is 0 Å². The summed E-state index contributed by atoms with van der Waals surface area (Å²) in [5, 5.41) is 3.11. The Kier molecular flexibility index (Phi) is 2.89. The molecule has 20 heavy (non-hydrogen) atoms. The summed E-state index contributed by atoms with van der Waals surface area (Å²) in [7, 11) is 3.41. The van der Waals surface area contributed by atoms with Crippen molar-refractivity contribution in [3.05, 3.63) is 18.6 Å². The number of anilines is 1. The molecule has 1 N–H and O–H groups in total. The number of likely N-dealkylation sites (tertiary alicyclic amines) is 1. The van der Waals surface area contributed by atoms with Crippen LogP contribution in [0.5, 0.6) is 0 Å². The average molecular weight is 273 g/mol. The minimum Gasteiger partial charge on any atom is -0.356 e. The predicted molar refractivity (Wildman–Crippen MR) is 72.9 cm³/mol. The third-order valence-corrected chi connectivity index (χ3v) is 3.60. The Bertz CT molecular complexity index is 693. The Hall–Kier alpha value is -2.44. The number of piperidine rings is 1. The molecule has 1 atom stereocenters. The summed E-state index contributed by atoms with van der Waals surface area (Å²) in [5.41, 5.74) is 1.66. The number of rotatable bonds is 2. The summed E-state index contributed by atoms with van der Waals surface area (Å²) in [6, 6.07) is 1.43. The quantitative estimate of drug-likeness (QED) is 0.807. The Labute approximate surface area is 115 Å². The summed E-state index contributed by atoms with van der Waals surface area (Å²) in [6.45, 7) is 0. The SMILES string of the molecule is CN1C(=O)CCC(Nc2nccc3c2ncn3C)C1=O. The topological polar surface area (TPSA) is 80.1 Å². The van der Waals surface area contributed by atoms with Crippen molar-refractivity contribution >= 4 is 28.7 Å². The number of nitrogens with one attached hydrogen (secondary N) is 1. The van der Waals surface area contributed by atoms with E-state index in [0.29, 0.717) is 18.7 Å². The summed E-state index contributed by atoms with van der Waals surface area (Å²) >= 11 is 0. The number of imide groups is 1. The minimum absolute atomic E-state index is 0.142. The molecule has 7 heteroatoms. The molecule has 3 heterocycles. The molecule has 1 fully saturated rings. The molecule has 0 bridgehead atoms. The molecule has 1 unspecified atom stereocenters. The molecular formula is C13H15N5O2. The van der Waals surface area contributed by atoms with Crippen LogP contribution < -0.4 is 5.32 Å². The molecule has 0 spiro atoms. The van der Waals surface area contributed by atoms with Gasteiger partial charge in [-0.3, -0.25) is 14.5 Å². The van der Waals surface area contributed by atoms with E-state index in [-0.39, 0.29) is 11.8 Å². The monoisotopic (exact) mass is 273 g/mol. The van der Waals surface area contributed by atoms with Crippen molar-refractivity contribution in [1.82, 2.24) is 19.4 Å². The van der Waals surface area contributed by atoms with E-state index in [1.165, 1.54) is 11.9 Å². The van der Waals surface area contributed by atoms with E-state index in [0.717, 1.165) is 11.0 Å². The maximum absolute atomic E-state index is 12.1. The third kappa shape index (κ3) is 1.91. The standard InChI is InChI=1S/C13H15N5O2/c1-17-7-15-11-9(17)5-6-14-12(11)16-8-3-4-10(19)18(2)13(8)20/h5-8H,3-4H2,1-2H3,(H,14,16). The van der Waals surface area contributed by atoms with Crippen molar-refractivity contribution in [2.24, 2.45) is 7.05 Å². The summed E-state index contributed by atoms with van der Waals surface area (Å²) in [5.74, 6) is 0.206. The molecule has 0 aromatic carbocycles. The smallest absolute Gasteiger partial charge is 0.251 e. The molecule has 0 radical (unpaired) electrons. The van der Waals surface area contributed by atoms with Gasteiger partial charge in [0, 0.05) is 26.7 Å². The third-order valence-electron chi connectivity index (χ3n) is 3.60. The van der Waals surface area contributed by atoms with Crippen LogP contribution in [0.25, 0.3) is 11.0 Å². The molecule has 3 rings (SSSR count). The Morgan fingerprint density at radius 1 is 1.30 bits per heavy atom. The second kappa shape index (κ2) is 4.59. The van der Waals surface area contributed by atoms with Gasteiger partial charge in [0.1, 0.15) is 11.6 Å².